The quantitative estimate of drug-likeness (QED) is 0.813. The third kappa shape index (κ3) is 4.28. The molecule has 1 aliphatic rings. The van der Waals surface area contributed by atoms with Gasteiger partial charge in [0.15, 0.2) is 0 Å². The van der Waals surface area contributed by atoms with E-state index in [0.29, 0.717) is 24.7 Å². The Morgan fingerprint density at radius 1 is 1.45 bits per heavy atom. The van der Waals surface area contributed by atoms with E-state index in [9.17, 15) is 4.79 Å². The van der Waals surface area contributed by atoms with Crippen molar-refractivity contribution in [2.75, 3.05) is 26.2 Å². The van der Waals surface area contributed by atoms with E-state index in [1.165, 1.54) is 25.9 Å². The van der Waals surface area contributed by atoms with E-state index >= 15 is 0 Å². The van der Waals surface area contributed by atoms with Crippen LogP contribution in [0.15, 0.2) is 18.3 Å². The molecule has 1 aromatic heterocycles. The van der Waals surface area contributed by atoms with Gasteiger partial charge in [-0.3, -0.25) is 9.78 Å². The van der Waals surface area contributed by atoms with E-state index in [1.54, 1.807) is 12.3 Å². The lowest BCUT2D eigenvalue weighted by Gasteiger charge is -2.20. The van der Waals surface area contributed by atoms with Crippen LogP contribution in [-0.2, 0) is 6.54 Å². The predicted octanol–water partition coefficient (Wildman–Crippen LogP) is 1.00. The molecule has 1 fully saturated rings. The van der Waals surface area contributed by atoms with Gasteiger partial charge in [0.1, 0.15) is 5.69 Å². The minimum atomic E-state index is -0.109. The van der Waals surface area contributed by atoms with Crippen LogP contribution in [0.5, 0.6) is 0 Å². The second-order valence-electron chi connectivity index (χ2n) is 5.58. The Labute approximate surface area is 120 Å². The number of hydrogen-bond acceptors (Lipinski definition) is 4. The van der Waals surface area contributed by atoms with Gasteiger partial charge < -0.3 is 16.0 Å². The normalized spacial score (nSPS) is 17.1. The van der Waals surface area contributed by atoms with Crippen molar-refractivity contribution in [3.8, 4) is 0 Å². The fraction of sp³-hybridized carbons (Fsp3) is 0.600. The van der Waals surface area contributed by atoms with Crippen LogP contribution in [0, 0.1) is 5.92 Å². The standard InChI is InChI=1S/C15H24N4O/c1-12(11-19-6-2-3-7-19)9-18-15(20)14-5-4-13(8-16)10-17-14/h4-5,10,12H,2-3,6-9,11,16H2,1H3,(H,18,20). The van der Waals surface area contributed by atoms with Crippen molar-refractivity contribution < 1.29 is 4.79 Å². The smallest absolute Gasteiger partial charge is 0.269 e. The molecule has 0 spiro atoms. The summed E-state index contributed by atoms with van der Waals surface area (Å²) < 4.78 is 0. The van der Waals surface area contributed by atoms with Crippen LogP contribution in [0.25, 0.3) is 0 Å². The summed E-state index contributed by atoms with van der Waals surface area (Å²) in [4.78, 5) is 18.6. The zero-order valence-electron chi connectivity index (χ0n) is 12.1. The lowest BCUT2D eigenvalue weighted by atomic mass is 10.1. The highest BCUT2D eigenvalue weighted by Crippen LogP contribution is 2.09. The van der Waals surface area contributed by atoms with Crippen LogP contribution in [0.3, 0.4) is 0 Å². The number of nitrogens with one attached hydrogen (secondary N) is 1. The molecule has 5 nitrogen and oxygen atoms in total. The highest BCUT2D eigenvalue weighted by molar-refractivity contribution is 5.92. The van der Waals surface area contributed by atoms with Crippen molar-refractivity contribution in [1.82, 2.24) is 15.2 Å². The summed E-state index contributed by atoms with van der Waals surface area (Å²) in [6.07, 6.45) is 4.26. The second-order valence-corrected chi connectivity index (χ2v) is 5.58. The Hall–Kier alpha value is -1.46. The molecule has 0 radical (unpaired) electrons. The van der Waals surface area contributed by atoms with E-state index in [4.69, 9.17) is 5.73 Å². The molecule has 1 saturated heterocycles. The molecule has 1 atom stereocenters. The van der Waals surface area contributed by atoms with E-state index in [1.807, 2.05) is 6.07 Å². The van der Waals surface area contributed by atoms with Gasteiger partial charge in [-0.25, -0.2) is 0 Å². The average molecular weight is 276 g/mol. The highest BCUT2D eigenvalue weighted by Gasteiger charge is 2.15. The minimum Gasteiger partial charge on any atom is -0.350 e. The van der Waals surface area contributed by atoms with Gasteiger partial charge in [0.2, 0.25) is 0 Å². The molecule has 1 unspecified atom stereocenters. The van der Waals surface area contributed by atoms with Gasteiger partial charge in [-0.1, -0.05) is 13.0 Å². The second kappa shape index (κ2) is 7.36. The number of pyridine rings is 1. The van der Waals surface area contributed by atoms with Gasteiger partial charge in [0, 0.05) is 25.8 Å². The average Bonchev–Trinajstić information content (AvgIpc) is 2.97. The van der Waals surface area contributed by atoms with Crippen LogP contribution in [-0.4, -0.2) is 42.0 Å². The zero-order valence-corrected chi connectivity index (χ0v) is 12.1. The lowest BCUT2D eigenvalue weighted by Crippen LogP contribution is -2.34. The number of amides is 1. The lowest BCUT2D eigenvalue weighted by molar-refractivity contribution is 0.0940. The van der Waals surface area contributed by atoms with Crippen molar-refractivity contribution in [3.05, 3.63) is 29.6 Å². The third-order valence-electron chi connectivity index (χ3n) is 3.67. The van der Waals surface area contributed by atoms with Gasteiger partial charge >= 0.3 is 0 Å². The maximum absolute atomic E-state index is 12.0. The SMILES string of the molecule is CC(CNC(=O)c1ccc(CN)cn1)CN1CCCC1. The van der Waals surface area contributed by atoms with Crippen LogP contribution in [0.4, 0.5) is 0 Å². The summed E-state index contributed by atoms with van der Waals surface area (Å²) in [5.41, 5.74) is 6.90. The number of carbonyl (C=O) groups is 1. The molecule has 1 aromatic rings. The van der Waals surface area contributed by atoms with Crippen molar-refractivity contribution >= 4 is 5.91 Å². The van der Waals surface area contributed by atoms with Crippen molar-refractivity contribution in [2.45, 2.75) is 26.3 Å². The number of rotatable bonds is 6. The van der Waals surface area contributed by atoms with Crippen LogP contribution in [0.2, 0.25) is 0 Å². The molecule has 3 N–H and O–H groups in total. The minimum absolute atomic E-state index is 0.109. The van der Waals surface area contributed by atoms with Crippen molar-refractivity contribution in [3.63, 3.8) is 0 Å². The molecule has 110 valence electrons. The first kappa shape index (κ1) is 14.9. The summed E-state index contributed by atoms with van der Waals surface area (Å²) in [5, 5.41) is 2.95. The number of hydrogen-bond donors (Lipinski definition) is 2. The molecule has 5 heteroatoms. The number of nitrogens with zero attached hydrogens (tertiary/aromatic N) is 2. The zero-order chi connectivity index (χ0) is 14.4. The Morgan fingerprint density at radius 3 is 2.80 bits per heavy atom. The number of nitrogens with two attached hydrogens (primary N) is 1. The number of carbonyl (C=O) groups excluding carboxylic acids is 1. The first-order chi connectivity index (χ1) is 9.69. The number of likely N-dealkylation sites (tertiary alicyclic amines) is 1. The topological polar surface area (TPSA) is 71.2 Å². The highest BCUT2D eigenvalue weighted by atomic mass is 16.1. The van der Waals surface area contributed by atoms with E-state index < -0.39 is 0 Å². The first-order valence-corrected chi connectivity index (χ1v) is 7.34. The molecule has 0 aromatic carbocycles. The first-order valence-electron chi connectivity index (χ1n) is 7.34. The molecule has 2 heterocycles. The maximum Gasteiger partial charge on any atom is 0.269 e. The molecule has 0 saturated carbocycles. The maximum atomic E-state index is 12.0. The monoisotopic (exact) mass is 276 g/mol. The molecular weight excluding hydrogens is 252 g/mol. The van der Waals surface area contributed by atoms with Crippen molar-refractivity contribution in [2.24, 2.45) is 11.7 Å². The van der Waals surface area contributed by atoms with Gasteiger partial charge in [0.05, 0.1) is 0 Å². The van der Waals surface area contributed by atoms with Gasteiger partial charge in [-0.05, 0) is 43.5 Å². The van der Waals surface area contributed by atoms with Gasteiger partial charge in [-0.2, -0.15) is 0 Å². The largest absolute Gasteiger partial charge is 0.350 e. The van der Waals surface area contributed by atoms with Gasteiger partial charge in [-0.15, -0.1) is 0 Å². The molecule has 1 aliphatic heterocycles. The van der Waals surface area contributed by atoms with Crippen LogP contribution in [0.1, 0.15) is 35.8 Å². The third-order valence-corrected chi connectivity index (χ3v) is 3.67. The summed E-state index contributed by atoms with van der Waals surface area (Å²) >= 11 is 0. The van der Waals surface area contributed by atoms with E-state index in [2.05, 4.69) is 22.1 Å². The predicted molar refractivity (Wildman–Crippen MR) is 79.3 cm³/mol. The molecular formula is C15H24N4O. The number of aromatic nitrogens is 1. The van der Waals surface area contributed by atoms with E-state index in [0.717, 1.165) is 12.1 Å². The summed E-state index contributed by atoms with van der Waals surface area (Å²) in [7, 11) is 0. The Morgan fingerprint density at radius 2 is 2.20 bits per heavy atom. The Balaban J connectivity index is 1.75. The van der Waals surface area contributed by atoms with Crippen LogP contribution >= 0.6 is 0 Å². The Kier molecular flexibility index (Phi) is 5.49. The van der Waals surface area contributed by atoms with E-state index in [-0.39, 0.29) is 5.91 Å². The Bertz CT molecular complexity index is 426. The molecule has 0 aliphatic carbocycles. The molecule has 20 heavy (non-hydrogen) atoms. The van der Waals surface area contributed by atoms with Gasteiger partial charge in [0.25, 0.3) is 5.91 Å². The van der Waals surface area contributed by atoms with Crippen LogP contribution < -0.4 is 11.1 Å². The van der Waals surface area contributed by atoms with Crippen molar-refractivity contribution in [1.29, 1.82) is 0 Å². The summed E-state index contributed by atoms with van der Waals surface area (Å²) in [6.45, 7) is 6.75. The summed E-state index contributed by atoms with van der Waals surface area (Å²) in [6, 6.07) is 3.57. The molecule has 2 rings (SSSR count). The summed E-state index contributed by atoms with van der Waals surface area (Å²) in [5.74, 6) is 0.349. The fourth-order valence-corrected chi connectivity index (χ4v) is 2.51. The molecule has 0 bridgehead atoms. The molecule has 1 amide bonds. The fourth-order valence-electron chi connectivity index (χ4n) is 2.51.